The van der Waals surface area contributed by atoms with Crippen molar-refractivity contribution >= 4 is 231 Å². The smallest absolute Gasteiger partial charge is 0.488 e. The van der Waals surface area contributed by atoms with Crippen molar-refractivity contribution in [1.82, 2.24) is 47.0 Å². The van der Waals surface area contributed by atoms with Crippen LogP contribution < -0.4 is 77.6 Å². The average molecular weight is 2250 g/mol. The quantitative estimate of drug-likeness (QED) is 0.0109. The molecular weight excluding hydrogens is 2130 g/mol. The molecular formula is C91H116BClI2N16O16S8. The van der Waals surface area contributed by atoms with Crippen LogP contribution in [-0.4, -0.2) is 180 Å². The fraction of sp³-hybridized carbons (Fsp3) is 0.330. The van der Waals surface area contributed by atoms with Gasteiger partial charge in [0.15, 0.2) is 5.15 Å². The van der Waals surface area contributed by atoms with Crippen molar-refractivity contribution in [3.05, 3.63) is 223 Å². The highest BCUT2D eigenvalue weighted by Crippen LogP contribution is 2.35. The number of halogens is 3. The van der Waals surface area contributed by atoms with E-state index in [1.165, 1.54) is 52.2 Å². The lowest BCUT2D eigenvalue weighted by atomic mass is 9.80. The zero-order chi connectivity index (χ0) is 99.9. The minimum Gasteiger partial charge on any atom is -0.497 e. The van der Waals surface area contributed by atoms with Gasteiger partial charge < -0.3 is 68.4 Å². The molecule has 0 atom stereocenters. The van der Waals surface area contributed by atoms with Crippen LogP contribution in [0, 0.1) is 7.14 Å². The molecule has 44 heteroatoms. The molecule has 0 saturated carbocycles. The van der Waals surface area contributed by atoms with E-state index in [-0.39, 0.29) is 31.4 Å². The molecule has 0 aliphatic rings. The van der Waals surface area contributed by atoms with E-state index in [4.69, 9.17) is 53.4 Å². The number of nitrogens with two attached hydrogens (primary N) is 3. The van der Waals surface area contributed by atoms with Crippen LogP contribution in [0.15, 0.2) is 214 Å². The lowest BCUT2D eigenvalue weighted by Gasteiger charge is -2.20. The SMILES string of the molecule is CC(C)(C)NS(=O)(=O)c1ccc2c(Cl)nsc2c1.CC(C)(C)NS(=O)(=O)c1ccc2c(NCCCN)nsc2c1.CC(C)(C)NS(=O)(=O)c1ccc2c(NCCCNC(=O)c3ccc(I)cc3)nsc2c1.COc1ccc(-c2ccc(C(=O)NCCCNc3nsc4cc(S(=O)(=O)NC(C)(C)C)ccc34)cc2)cc1.COc1ccc(B(O)O)cc1.NCCCN.O=C(O)c1ccc(I)cc1. The van der Waals surface area contributed by atoms with Crippen LogP contribution in [0.4, 0.5) is 17.5 Å². The van der Waals surface area contributed by atoms with E-state index in [0.717, 1.165) is 115 Å². The monoisotopic (exact) mass is 2240 g/mol. The number of rotatable bonds is 31. The Hall–Kier alpha value is -8.80. The topological polar surface area (TPSA) is 505 Å². The number of carbonyl (C=O) groups is 3. The van der Waals surface area contributed by atoms with Gasteiger partial charge in [-0.05, 0) is 394 Å². The lowest BCUT2D eigenvalue weighted by molar-refractivity contribution is 0.0696. The van der Waals surface area contributed by atoms with Crippen LogP contribution in [0.2, 0.25) is 5.15 Å². The lowest BCUT2D eigenvalue weighted by Crippen LogP contribution is -2.40. The number of aromatic nitrogens is 4. The second-order valence-electron chi connectivity index (χ2n) is 34.0. The van der Waals surface area contributed by atoms with Crippen molar-refractivity contribution in [1.29, 1.82) is 0 Å². The van der Waals surface area contributed by atoms with Gasteiger partial charge in [0.25, 0.3) is 11.8 Å². The maximum atomic E-state index is 12.6. The Labute approximate surface area is 839 Å². The van der Waals surface area contributed by atoms with E-state index in [1.807, 2.05) is 93.6 Å². The van der Waals surface area contributed by atoms with Crippen LogP contribution in [0.25, 0.3) is 51.5 Å². The second kappa shape index (κ2) is 52.3. The molecule has 4 aromatic heterocycles. The maximum absolute atomic E-state index is 12.6. The van der Waals surface area contributed by atoms with Gasteiger partial charge in [-0.2, -0.15) is 17.5 Å². The molecule has 0 fully saturated rings. The van der Waals surface area contributed by atoms with Gasteiger partial charge in [-0.25, -0.2) is 57.4 Å². The zero-order valence-electron chi connectivity index (χ0n) is 77.1. The Morgan fingerprint density at radius 1 is 0.385 bits per heavy atom. The average Bonchev–Trinajstić information content (AvgIpc) is 1.72. The van der Waals surface area contributed by atoms with E-state index in [0.29, 0.717) is 78.0 Å². The van der Waals surface area contributed by atoms with Gasteiger partial charge in [0.2, 0.25) is 40.1 Å². The number of hydrogen-bond donors (Lipinski definition) is 15. The van der Waals surface area contributed by atoms with Gasteiger partial charge in [0.1, 0.15) is 29.0 Å². The fourth-order valence-electron chi connectivity index (χ4n) is 11.7. The van der Waals surface area contributed by atoms with Crippen molar-refractivity contribution in [2.24, 2.45) is 17.2 Å². The van der Waals surface area contributed by atoms with Crippen molar-refractivity contribution in [2.45, 2.75) is 151 Å². The number of carboxylic acid groups (broad SMARTS) is 1. The molecule has 0 bridgehead atoms. The molecule has 2 amide bonds. The summed E-state index contributed by atoms with van der Waals surface area (Å²) in [6.45, 7) is 26.8. The van der Waals surface area contributed by atoms with Gasteiger partial charge in [0.05, 0.1) is 58.2 Å². The predicted molar refractivity (Wildman–Crippen MR) is 566 cm³/mol. The molecule has 4 heterocycles. The van der Waals surface area contributed by atoms with E-state index in [1.54, 1.807) is 192 Å². The van der Waals surface area contributed by atoms with Gasteiger partial charge in [0, 0.05) is 94.7 Å². The van der Waals surface area contributed by atoms with Gasteiger partial charge >= 0.3 is 13.1 Å². The van der Waals surface area contributed by atoms with E-state index < -0.39 is 75.3 Å². The number of sulfonamides is 4. The second-order valence-corrected chi connectivity index (χ2v) is 46.8. The summed E-state index contributed by atoms with van der Waals surface area (Å²) >= 11 is 15.2. The molecule has 0 aliphatic heterocycles. The third-order valence-electron chi connectivity index (χ3n) is 17.9. The summed E-state index contributed by atoms with van der Waals surface area (Å²) in [6, 6.07) is 55.9. The van der Waals surface area contributed by atoms with E-state index in [9.17, 15) is 48.1 Å². The van der Waals surface area contributed by atoms with E-state index >= 15 is 0 Å². The summed E-state index contributed by atoms with van der Waals surface area (Å²) in [5.74, 6) is 2.62. The largest absolute Gasteiger partial charge is 0.497 e. The Morgan fingerprint density at radius 3 is 0.963 bits per heavy atom. The molecule has 135 heavy (non-hydrogen) atoms. The summed E-state index contributed by atoms with van der Waals surface area (Å²) < 4.78 is 142. The van der Waals surface area contributed by atoms with Crippen LogP contribution in [-0.2, 0) is 40.1 Å². The van der Waals surface area contributed by atoms with Gasteiger partial charge in [-0.1, -0.05) is 48.0 Å². The number of methoxy groups -OCH3 is 2. The number of nitrogens with zero attached hydrogens (tertiary/aromatic N) is 4. The van der Waals surface area contributed by atoms with Crippen LogP contribution in [0.3, 0.4) is 0 Å². The summed E-state index contributed by atoms with van der Waals surface area (Å²) in [4.78, 5) is 35.9. The number of carbonyl (C=O) groups excluding carboxylic acids is 2. The Balaban J connectivity index is 0.000000230. The third-order valence-corrected chi connectivity index (χ3v) is 29.9. The first-order valence-corrected chi connectivity index (χ1v) is 53.7. The molecule has 728 valence electrons. The first-order chi connectivity index (χ1) is 63.4. The first kappa shape index (κ1) is 113. The molecule has 18 N–H and O–H groups in total. The number of anilines is 3. The highest BCUT2D eigenvalue weighted by molar-refractivity contribution is 14.1. The summed E-state index contributed by atoms with van der Waals surface area (Å²) in [5, 5.41) is 45.4. The van der Waals surface area contributed by atoms with Gasteiger partial charge in [-0.3, -0.25) is 9.59 Å². The highest BCUT2D eigenvalue weighted by atomic mass is 127. The molecule has 13 rings (SSSR count). The zero-order valence-corrected chi connectivity index (χ0v) is 88.7. The predicted octanol–water partition coefficient (Wildman–Crippen LogP) is 15.3. The molecule has 32 nitrogen and oxygen atoms in total. The van der Waals surface area contributed by atoms with Crippen LogP contribution >= 0.6 is 103 Å². The van der Waals surface area contributed by atoms with Crippen molar-refractivity contribution in [3.8, 4) is 22.6 Å². The third kappa shape index (κ3) is 37.8. The van der Waals surface area contributed by atoms with Gasteiger partial charge in [-0.15, -0.1) is 0 Å². The number of aromatic carboxylic acids is 1. The minimum atomic E-state index is -3.61. The molecule has 0 aliphatic carbocycles. The normalized spacial score (nSPS) is 11.7. The molecule has 0 spiro atoms. The fourth-order valence-corrected chi connectivity index (χ4v) is 22.0. The first-order valence-electron chi connectivity index (χ1n) is 42.1. The molecule has 13 aromatic rings. The van der Waals surface area contributed by atoms with Crippen LogP contribution in [0.1, 0.15) is 140 Å². The van der Waals surface area contributed by atoms with Crippen molar-refractivity contribution < 1.29 is 72.7 Å². The summed E-state index contributed by atoms with van der Waals surface area (Å²) in [5.41, 5.74) is 17.6. The number of nitrogens with one attached hydrogen (secondary N) is 9. The van der Waals surface area contributed by atoms with Crippen LogP contribution in [0.5, 0.6) is 11.5 Å². The number of hydrogen-bond acceptors (Lipinski definition) is 29. The van der Waals surface area contributed by atoms with Crippen molar-refractivity contribution in [2.75, 3.05) is 82.5 Å². The Kier molecular flexibility index (Phi) is 43.8. The molecule has 0 unspecified atom stereocenters. The Morgan fingerprint density at radius 2 is 0.667 bits per heavy atom. The highest BCUT2D eigenvalue weighted by Gasteiger charge is 2.28. The number of benzene rings is 9. The number of amides is 2. The maximum Gasteiger partial charge on any atom is 0.488 e. The molecule has 0 saturated heterocycles. The van der Waals surface area contributed by atoms with E-state index in [2.05, 4.69) is 108 Å². The number of ether oxygens (including phenoxy) is 2. The molecule has 0 radical (unpaired) electrons. The standard InChI is InChI=1S/C28H32N4O4S2.C21H25IN4O3S2.C14H22N4O2S2.C11H13ClN2O2S2.C7H9BO3.C7H5IO2.C3H10N2/c1-28(2,3)32-38(34,35)23-14-15-24-25(18-23)37-31-26(24)29-16-5-17-30-27(33)21-8-6-19(7-9-21)20-10-12-22(36-4)13-11-20;1-21(2,3)26-31(28,29)16-9-10-17-18(13-16)30-25-19(17)23-11-4-12-24-20(27)14-5-7-15(22)8-6-14;1-14(2,3)18-22(19,20)10-5-6-11-12(9-10)21-17-13(11)16-8-4-7-15;1-11(2,3)14-18(15,16)7-4-5-8-9(6-7)17-13-10(8)12;1-11-7-4-2-6(3-5-7)8(9)10;8-6-3-1-5(2-4-6)7(9)10;4-2-1-3-5/h6-15,18,32H,5,16-17H2,1-4H3,(H,29,31)(H,30,33);5-10,13,26H,4,11-12H2,1-3H3,(H,23,25)(H,24,27);5-6,9,18H,4,7-8,15H2,1-3H3,(H,16,17);4-6,14H,1-3H3;2-5,9-10H,1H3;1-4H,(H,9,10);1-5H2. The molecule has 9 aromatic carbocycles. The summed E-state index contributed by atoms with van der Waals surface area (Å²) in [7, 11) is -12.5. The number of carboxylic acids is 1. The number of fused-ring (bicyclic) bond motifs is 4. The Bertz CT molecular complexity index is 6520. The summed E-state index contributed by atoms with van der Waals surface area (Å²) in [6.07, 6.45) is 3.24. The van der Waals surface area contributed by atoms with Crippen molar-refractivity contribution in [3.63, 3.8) is 0 Å². The minimum absolute atomic E-state index is 0.0897.